The van der Waals surface area contributed by atoms with Crippen molar-refractivity contribution in [3.05, 3.63) is 148 Å². The number of rotatable bonds is 9. The average molecular weight is 808 g/mol. The summed E-state index contributed by atoms with van der Waals surface area (Å²) in [5.74, 6) is 1.62. The van der Waals surface area contributed by atoms with Crippen LogP contribution in [0.4, 0.5) is 0 Å². The molecule has 4 unspecified atom stereocenters. The van der Waals surface area contributed by atoms with Crippen molar-refractivity contribution in [2.24, 2.45) is 11.7 Å². The first-order chi connectivity index (χ1) is 29.3. The van der Waals surface area contributed by atoms with E-state index in [9.17, 15) is 15.3 Å². The van der Waals surface area contributed by atoms with E-state index in [0.717, 1.165) is 90.2 Å². The maximum atomic E-state index is 11.8. The van der Waals surface area contributed by atoms with E-state index in [-0.39, 0.29) is 36.0 Å². The molecule has 10 rings (SSSR count). The number of aromatic nitrogens is 1. The van der Waals surface area contributed by atoms with E-state index in [1.165, 1.54) is 16.7 Å². The standard InChI is InChI=1S/C51H57N3O6/c52-48-21-16-37-32-59-43(11-7-2-1-4-8-34-12-17-42(55)18-13-34)29-47(57)36-14-19-44-35(26-36)15-20-46(56)49(44)60-33-39-28-41(27-38-30-54(31-45(38)39)50(37)53-48)51(22-24-58-25-23-51)40-9-5-3-6-10-40/h3,5-6,9-10,12-21,27-28,30-31,36,43,47-48,53,55-57H,1-2,4,7-8,11,22-26,29,32-33,52H2. The molecule has 1 aliphatic carbocycles. The second-order valence-corrected chi connectivity index (χ2v) is 17.1. The highest BCUT2D eigenvalue weighted by Gasteiger charge is 2.37. The van der Waals surface area contributed by atoms with Crippen LogP contribution in [-0.2, 0) is 34.3 Å². The van der Waals surface area contributed by atoms with Gasteiger partial charge in [0.1, 0.15) is 18.2 Å². The van der Waals surface area contributed by atoms with Gasteiger partial charge < -0.3 is 45.1 Å². The van der Waals surface area contributed by atoms with Gasteiger partial charge in [0.15, 0.2) is 11.5 Å². The minimum absolute atomic E-state index is 0.0977. The number of aliphatic hydroxyl groups is 1. The summed E-state index contributed by atoms with van der Waals surface area (Å²) < 4.78 is 21.6. The number of aliphatic hydroxyl groups excluding tert-OH is 1. The molecule has 4 atom stereocenters. The number of aryl methyl sites for hydroxylation is 1. The predicted molar refractivity (Wildman–Crippen MR) is 237 cm³/mol. The van der Waals surface area contributed by atoms with Crippen molar-refractivity contribution in [1.82, 2.24) is 9.88 Å². The van der Waals surface area contributed by atoms with Gasteiger partial charge in [-0.05, 0) is 96.7 Å². The Balaban J connectivity index is 1.07. The topological polar surface area (TPSA) is 131 Å². The smallest absolute Gasteiger partial charge is 0.168 e. The first-order valence-corrected chi connectivity index (χ1v) is 21.8. The first-order valence-electron chi connectivity index (χ1n) is 21.8. The van der Waals surface area contributed by atoms with Gasteiger partial charge in [-0.3, -0.25) is 0 Å². The molecular weight excluding hydrogens is 751 g/mol. The molecule has 1 aromatic heterocycles. The van der Waals surface area contributed by atoms with Gasteiger partial charge in [-0.1, -0.05) is 92.1 Å². The second-order valence-electron chi connectivity index (χ2n) is 17.1. The third-order valence-corrected chi connectivity index (χ3v) is 13.2. The number of nitrogens with one attached hydrogen (secondary N) is 1. The summed E-state index contributed by atoms with van der Waals surface area (Å²) >= 11 is 0. The number of aromatic hydroxyl groups is 2. The van der Waals surface area contributed by atoms with Crippen LogP contribution in [0.1, 0.15) is 84.7 Å². The molecule has 0 radical (unpaired) electrons. The van der Waals surface area contributed by atoms with Gasteiger partial charge in [0, 0.05) is 65.3 Å². The van der Waals surface area contributed by atoms with E-state index in [0.29, 0.717) is 44.2 Å². The van der Waals surface area contributed by atoms with E-state index >= 15 is 0 Å². The Bertz CT molecular complexity index is 2380. The Hall–Kier alpha value is -5.32. The lowest BCUT2D eigenvalue weighted by Crippen LogP contribution is -2.39. The maximum Gasteiger partial charge on any atom is 0.168 e. The van der Waals surface area contributed by atoms with Gasteiger partial charge >= 0.3 is 0 Å². The van der Waals surface area contributed by atoms with Crippen LogP contribution in [0.25, 0.3) is 22.7 Å². The van der Waals surface area contributed by atoms with Crippen molar-refractivity contribution >= 4 is 22.7 Å². The highest BCUT2D eigenvalue weighted by molar-refractivity contribution is 5.88. The van der Waals surface area contributed by atoms with E-state index in [1.807, 2.05) is 30.4 Å². The number of nitrogens with zero attached hydrogens (tertiary/aromatic N) is 1. The Morgan fingerprint density at radius 3 is 2.47 bits per heavy atom. The van der Waals surface area contributed by atoms with Crippen LogP contribution in [0.5, 0.6) is 17.2 Å². The fourth-order valence-corrected chi connectivity index (χ4v) is 9.76. The normalized spacial score (nSPS) is 22.6. The molecule has 312 valence electrons. The number of hydrogen-bond donors (Lipinski definition) is 5. The van der Waals surface area contributed by atoms with Gasteiger partial charge in [0.05, 0.1) is 25.0 Å². The Morgan fingerprint density at radius 1 is 0.817 bits per heavy atom. The molecule has 1 saturated heterocycles. The molecule has 60 heavy (non-hydrogen) atoms. The summed E-state index contributed by atoms with van der Waals surface area (Å²) in [6.07, 6.45) is 20.2. The summed E-state index contributed by atoms with van der Waals surface area (Å²) in [5.41, 5.74) is 13.9. The number of fused-ring (bicyclic) bond motifs is 5. The molecule has 4 aliphatic heterocycles. The monoisotopic (exact) mass is 807 g/mol. The molecular formula is C51H57N3O6. The molecule has 9 heteroatoms. The largest absolute Gasteiger partial charge is 0.508 e. The number of ether oxygens (including phenoxy) is 3. The molecule has 1 fully saturated rings. The second kappa shape index (κ2) is 17.7. The number of dihydropyridines is 1. The van der Waals surface area contributed by atoms with Gasteiger partial charge in [-0.15, -0.1) is 0 Å². The van der Waals surface area contributed by atoms with Crippen LogP contribution in [0.15, 0.2) is 115 Å². The highest BCUT2D eigenvalue weighted by Crippen LogP contribution is 2.44. The summed E-state index contributed by atoms with van der Waals surface area (Å²) in [4.78, 5) is 0. The Kier molecular flexibility index (Phi) is 11.8. The van der Waals surface area contributed by atoms with E-state index in [2.05, 4.69) is 76.9 Å². The molecule has 5 aromatic rings. The molecule has 5 heterocycles. The third-order valence-electron chi connectivity index (χ3n) is 13.2. The van der Waals surface area contributed by atoms with Crippen molar-refractivity contribution in [3.63, 3.8) is 0 Å². The molecule has 5 aliphatic rings. The lowest BCUT2D eigenvalue weighted by atomic mass is 9.68. The van der Waals surface area contributed by atoms with Crippen LogP contribution >= 0.6 is 0 Å². The predicted octanol–water partition coefficient (Wildman–Crippen LogP) is 8.87. The van der Waals surface area contributed by atoms with Crippen molar-refractivity contribution in [1.29, 1.82) is 0 Å². The van der Waals surface area contributed by atoms with E-state index in [4.69, 9.17) is 19.9 Å². The molecule has 0 spiro atoms. The first kappa shape index (κ1) is 40.1. The number of benzene rings is 4. The van der Waals surface area contributed by atoms with Crippen LogP contribution in [0, 0.1) is 5.92 Å². The van der Waals surface area contributed by atoms with Gasteiger partial charge in [-0.2, -0.15) is 0 Å². The summed E-state index contributed by atoms with van der Waals surface area (Å²) in [6.45, 7) is 1.97. The zero-order valence-electron chi connectivity index (χ0n) is 34.3. The van der Waals surface area contributed by atoms with Crippen LogP contribution < -0.4 is 15.8 Å². The van der Waals surface area contributed by atoms with E-state index in [1.54, 1.807) is 18.2 Å². The van der Waals surface area contributed by atoms with Crippen molar-refractivity contribution in [2.45, 2.75) is 94.6 Å². The molecule has 6 bridgehead atoms. The summed E-state index contributed by atoms with van der Waals surface area (Å²) in [6, 6.07) is 26.6. The SMILES string of the molecule is NC1C=CC2=C(N1)n1cc3cc(C4(c5ccccc5)CCOCC4)cc(c3c1)COc1c(O)ccc3c1C=CC(C3)C(O)CC(CCCCCCc1ccc(O)cc1)OC2. The zero-order valence-corrected chi connectivity index (χ0v) is 34.3. The number of hydrogen-bond acceptors (Lipinski definition) is 8. The minimum atomic E-state index is -0.613. The molecule has 4 aromatic carbocycles. The third kappa shape index (κ3) is 8.50. The molecule has 0 amide bonds. The highest BCUT2D eigenvalue weighted by atomic mass is 16.5. The van der Waals surface area contributed by atoms with Gasteiger partial charge in [0.25, 0.3) is 0 Å². The van der Waals surface area contributed by atoms with Gasteiger partial charge in [-0.25, -0.2) is 0 Å². The van der Waals surface area contributed by atoms with Gasteiger partial charge in [0.2, 0.25) is 0 Å². The van der Waals surface area contributed by atoms with E-state index < -0.39 is 6.10 Å². The number of phenols is 2. The van der Waals surface area contributed by atoms with Crippen LogP contribution in [0.3, 0.4) is 0 Å². The average Bonchev–Trinajstić information content (AvgIpc) is 3.72. The molecule has 6 N–H and O–H groups in total. The Morgan fingerprint density at radius 2 is 1.63 bits per heavy atom. The van der Waals surface area contributed by atoms with Crippen molar-refractivity contribution < 1.29 is 29.5 Å². The fraction of sp³-hybridized carbons (Fsp3) is 0.373. The lowest BCUT2D eigenvalue weighted by molar-refractivity contribution is 0.00720. The summed E-state index contributed by atoms with van der Waals surface area (Å²) in [7, 11) is 0. The lowest BCUT2D eigenvalue weighted by Gasteiger charge is -2.39. The quantitative estimate of drug-likeness (QED) is 0.0935. The number of phenolic OH excluding ortho intramolecular Hbond substituents is 2. The van der Waals surface area contributed by atoms with Crippen molar-refractivity contribution in [3.8, 4) is 17.2 Å². The number of nitrogens with two attached hydrogens (primary N) is 1. The van der Waals surface area contributed by atoms with Crippen LogP contribution in [-0.4, -0.2) is 58.1 Å². The zero-order chi connectivity index (χ0) is 41.1. The minimum Gasteiger partial charge on any atom is -0.508 e. The Labute approximate surface area is 352 Å². The number of unbranched alkanes of at least 4 members (excludes halogenated alkanes) is 3. The summed E-state index contributed by atoms with van der Waals surface area (Å²) in [5, 5.41) is 38.4. The molecule has 9 nitrogen and oxygen atoms in total. The van der Waals surface area contributed by atoms with Crippen LogP contribution in [0.2, 0.25) is 0 Å². The van der Waals surface area contributed by atoms with Crippen molar-refractivity contribution in [2.75, 3.05) is 19.8 Å². The molecule has 0 saturated carbocycles. The fourth-order valence-electron chi connectivity index (χ4n) is 9.76. The maximum absolute atomic E-state index is 11.8.